The monoisotopic (exact) mass is 273 g/mol. The summed E-state index contributed by atoms with van der Waals surface area (Å²) in [5, 5.41) is 12.2. The molecule has 0 atom stereocenters. The first-order chi connectivity index (χ1) is 9.74. The zero-order chi connectivity index (χ0) is 13.9. The molecule has 0 fully saturated rings. The summed E-state index contributed by atoms with van der Waals surface area (Å²) in [4.78, 5) is 0. The van der Waals surface area contributed by atoms with Gasteiger partial charge in [0.2, 0.25) is 0 Å². The van der Waals surface area contributed by atoms with Gasteiger partial charge < -0.3 is 14.5 Å². The topological polar surface area (TPSA) is 47.7 Å². The van der Waals surface area contributed by atoms with Crippen LogP contribution in [0.5, 0.6) is 0 Å². The van der Waals surface area contributed by atoms with E-state index in [-0.39, 0.29) is 0 Å². The third-order valence-electron chi connectivity index (χ3n) is 3.86. The fraction of sp³-hybridized carbons (Fsp3) is 0.600. The number of hydrogen-bond acceptors (Lipinski definition) is 3. The molecular weight excluding hydrogens is 250 g/mol. The quantitative estimate of drug-likeness (QED) is 0.906. The van der Waals surface area contributed by atoms with Crippen molar-refractivity contribution in [2.75, 3.05) is 0 Å². The maximum absolute atomic E-state index is 4.38. The average Bonchev–Trinajstić information content (AvgIpc) is 3.05. The lowest BCUT2D eigenvalue weighted by Crippen LogP contribution is -2.24. The van der Waals surface area contributed by atoms with Crippen molar-refractivity contribution in [2.24, 2.45) is 0 Å². The number of aromatic nitrogens is 4. The van der Waals surface area contributed by atoms with E-state index in [1.807, 2.05) is 0 Å². The molecule has 2 aromatic rings. The molecule has 1 aliphatic rings. The van der Waals surface area contributed by atoms with Gasteiger partial charge in [-0.15, -0.1) is 10.2 Å². The van der Waals surface area contributed by atoms with Gasteiger partial charge in [0, 0.05) is 37.4 Å². The molecule has 0 bridgehead atoms. The smallest absolute Gasteiger partial charge is 0.153 e. The van der Waals surface area contributed by atoms with Gasteiger partial charge in [-0.1, -0.05) is 13.8 Å². The van der Waals surface area contributed by atoms with E-state index in [1.165, 1.54) is 18.5 Å². The Balaban J connectivity index is 1.75. The molecule has 108 valence electrons. The normalized spacial score (nSPS) is 14.8. The Bertz CT molecular complexity index is 567. The minimum atomic E-state index is 0.499. The average molecular weight is 273 g/mol. The minimum Gasteiger partial charge on any atom is -0.343 e. The standard InChI is InChI=1S/C15H23N5/c1-12(2)16-10-13-6-5-8-19(13)11-15-18-17-14-7-3-4-9-20(14)15/h5-6,8,12,16H,3-4,7,9-11H2,1-2H3. The van der Waals surface area contributed by atoms with Crippen LogP contribution in [0, 0.1) is 0 Å². The predicted octanol–water partition coefficient (Wildman–Crippen LogP) is 1.96. The fourth-order valence-corrected chi connectivity index (χ4v) is 2.71. The Morgan fingerprint density at radius 3 is 3.05 bits per heavy atom. The van der Waals surface area contributed by atoms with Gasteiger partial charge in [0.15, 0.2) is 5.82 Å². The van der Waals surface area contributed by atoms with Gasteiger partial charge in [-0.2, -0.15) is 0 Å². The Hall–Kier alpha value is -1.62. The fourth-order valence-electron chi connectivity index (χ4n) is 2.71. The molecule has 0 amide bonds. The lowest BCUT2D eigenvalue weighted by molar-refractivity contribution is 0.497. The van der Waals surface area contributed by atoms with Crippen molar-refractivity contribution in [3.8, 4) is 0 Å². The van der Waals surface area contributed by atoms with Crippen molar-refractivity contribution in [3.05, 3.63) is 35.7 Å². The van der Waals surface area contributed by atoms with E-state index in [9.17, 15) is 0 Å². The lowest BCUT2D eigenvalue weighted by Gasteiger charge is -2.16. The van der Waals surface area contributed by atoms with Gasteiger partial charge in [0.1, 0.15) is 5.82 Å². The van der Waals surface area contributed by atoms with E-state index in [0.717, 1.165) is 37.7 Å². The van der Waals surface area contributed by atoms with Crippen LogP contribution in [0.3, 0.4) is 0 Å². The summed E-state index contributed by atoms with van der Waals surface area (Å²) >= 11 is 0. The number of aryl methyl sites for hydroxylation is 1. The Morgan fingerprint density at radius 1 is 1.30 bits per heavy atom. The zero-order valence-corrected chi connectivity index (χ0v) is 12.3. The molecule has 3 rings (SSSR count). The first kappa shape index (κ1) is 13.4. The van der Waals surface area contributed by atoms with Gasteiger partial charge in [0.25, 0.3) is 0 Å². The zero-order valence-electron chi connectivity index (χ0n) is 12.3. The second-order valence-electron chi connectivity index (χ2n) is 5.80. The van der Waals surface area contributed by atoms with Crippen molar-refractivity contribution in [3.63, 3.8) is 0 Å². The third-order valence-corrected chi connectivity index (χ3v) is 3.86. The number of hydrogen-bond donors (Lipinski definition) is 1. The summed E-state index contributed by atoms with van der Waals surface area (Å²) in [7, 11) is 0. The molecule has 0 aliphatic carbocycles. The second kappa shape index (κ2) is 5.79. The maximum atomic E-state index is 4.38. The summed E-state index contributed by atoms with van der Waals surface area (Å²) in [6.07, 6.45) is 5.68. The van der Waals surface area contributed by atoms with Crippen LogP contribution in [-0.2, 0) is 26.1 Å². The molecule has 1 aliphatic heterocycles. The molecule has 5 nitrogen and oxygen atoms in total. The molecule has 0 unspecified atom stereocenters. The number of nitrogens with zero attached hydrogens (tertiary/aromatic N) is 4. The molecule has 0 saturated carbocycles. The van der Waals surface area contributed by atoms with E-state index < -0.39 is 0 Å². The molecule has 3 heterocycles. The van der Waals surface area contributed by atoms with E-state index >= 15 is 0 Å². The molecular formula is C15H23N5. The van der Waals surface area contributed by atoms with E-state index in [4.69, 9.17) is 0 Å². The van der Waals surface area contributed by atoms with Crippen molar-refractivity contribution >= 4 is 0 Å². The maximum Gasteiger partial charge on any atom is 0.153 e. The van der Waals surface area contributed by atoms with Gasteiger partial charge in [0.05, 0.1) is 6.54 Å². The van der Waals surface area contributed by atoms with E-state index in [0.29, 0.717) is 6.04 Å². The second-order valence-corrected chi connectivity index (χ2v) is 5.80. The summed E-state index contributed by atoms with van der Waals surface area (Å²) in [6, 6.07) is 4.77. The molecule has 1 N–H and O–H groups in total. The summed E-state index contributed by atoms with van der Waals surface area (Å²) in [6.45, 7) is 7.11. The highest BCUT2D eigenvalue weighted by Gasteiger charge is 2.16. The van der Waals surface area contributed by atoms with Crippen molar-refractivity contribution < 1.29 is 0 Å². The minimum absolute atomic E-state index is 0.499. The van der Waals surface area contributed by atoms with Gasteiger partial charge in [-0.25, -0.2) is 0 Å². The highest BCUT2D eigenvalue weighted by Crippen LogP contribution is 2.15. The SMILES string of the molecule is CC(C)NCc1cccn1Cc1nnc2n1CCCC2. The largest absolute Gasteiger partial charge is 0.343 e. The van der Waals surface area contributed by atoms with Crippen LogP contribution >= 0.6 is 0 Å². The third kappa shape index (κ3) is 2.77. The first-order valence-corrected chi connectivity index (χ1v) is 7.52. The highest BCUT2D eigenvalue weighted by atomic mass is 15.3. The van der Waals surface area contributed by atoms with E-state index in [2.05, 4.69) is 56.8 Å². The van der Waals surface area contributed by atoms with Crippen molar-refractivity contribution in [1.82, 2.24) is 24.6 Å². The first-order valence-electron chi connectivity index (χ1n) is 7.52. The predicted molar refractivity (Wildman–Crippen MR) is 78.5 cm³/mol. The Kier molecular flexibility index (Phi) is 3.87. The molecule has 5 heteroatoms. The molecule has 0 radical (unpaired) electrons. The number of rotatable bonds is 5. The molecule has 0 saturated heterocycles. The van der Waals surface area contributed by atoms with Gasteiger partial charge >= 0.3 is 0 Å². The highest BCUT2D eigenvalue weighted by molar-refractivity contribution is 5.10. The Morgan fingerprint density at radius 2 is 2.20 bits per heavy atom. The van der Waals surface area contributed by atoms with Crippen molar-refractivity contribution in [1.29, 1.82) is 0 Å². The van der Waals surface area contributed by atoms with Crippen LogP contribution in [0.1, 0.15) is 44.0 Å². The summed E-state index contributed by atoms with van der Waals surface area (Å²) < 4.78 is 4.56. The molecule has 20 heavy (non-hydrogen) atoms. The Labute approximate surface area is 120 Å². The summed E-state index contributed by atoms with van der Waals surface area (Å²) in [5.74, 6) is 2.24. The molecule has 0 aromatic carbocycles. The van der Waals surface area contributed by atoms with Crippen molar-refractivity contribution in [2.45, 2.75) is 58.8 Å². The van der Waals surface area contributed by atoms with Gasteiger partial charge in [-0.05, 0) is 25.0 Å². The van der Waals surface area contributed by atoms with Crippen LogP contribution in [0.4, 0.5) is 0 Å². The van der Waals surface area contributed by atoms with Gasteiger partial charge in [-0.3, -0.25) is 0 Å². The van der Waals surface area contributed by atoms with Crippen LogP contribution in [0.25, 0.3) is 0 Å². The van der Waals surface area contributed by atoms with Crippen LogP contribution in [-0.4, -0.2) is 25.4 Å². The van der Waals surface area contributed by atoms with Crippen LogP contribution in [0.15, 0.2) is 18.3 Å². The van der Waals surface area contributed by atoms with Crippen LogP contribution < -0.4 is 5.32 Å². The number of nitrogens with one attached hydrogen (secondary N) is 1. The van der Waals surface area contributed by atoms with Crippen LogP contribution in [0.2, 0.25) is 0 Å². The molecule has 2 aromatic heterocycles. The molecule has 0 spiro atoms. The lowest BCUT2D eigenvalue weighted by atomic mass is 10.2. The number of fused-ring (bicyclic) bond motifs is 1. The summed E-state index contributed by atoms with van der Waals surface area (Å²) in [5.41, 5.74) is 1.30. The van der Waals surface area contributed by atoms with E-state index in [1.54, 1.807) is 0 Å².